The first-order valence-corrected chi connectivity index (χ1v) is 12.2. The number of nitro benzene ring substituents is 1. The number of likely N-dealkylation sites (tertiary alicyclic amines) is 1. The molecule has 2 heterocycles. The fourth-order valence-electron chi connectivity index (χ4n) is 4.12. The van der Waals surface area contributed by atoms with Gasteiger partial charge in [0.2, 0.25) is 10.0 Å². The van der Waals surface area contributed by atoms with Crippen LogP contribution in [0.4, 0.5) is 11.4 Å². The number of sulfonamides is 1. The largest absolute Gasteiger partial charge is 0.369 e. The Kier molecular flexibility index (Phi) is 6.36. The average Bonchev–Trinajstić information content (AvgIpc) is 3.33. The molecule has 2 aromatic rings. The summed E-state index contributed by atoms with van der Waals surface area (Å²) in [6.07, 6.45) is 1.78. The number of hydrogen-bond donors (Lipinski definition) is 0. The molecule has 0 spiro atoms. The molecular weight excluding hydrogens is 456 g/mol. The maximum Gasteiger partial charge on any atom is 0.282 e. The highest BCUT2D eigenvalue weighted by Gasteiger charge is 2.32. The molecule has 0 radical (unpaired) electrons. The van der Waals surface area contributed by atoms with E-state index in [0.717, 1.165) is 12.8 Å². The van der Waals surface area contributed by atoms with E-state index < -0.39 is 14.9 Å². The van der Waals surface area contributed by atoms with Crippen molar-refractivity contribution >= 4 is 38.9 Å². The summed E-state index contributed by atoms with van der Waals surface area (Å²) in [7, 11) is -3.72. The van der Waals surface area contributed by atoms with Crippen molar-refractivity contribution in [1.29, 1.82) is 0 Å². The third-order valence-corrected chi connectivity index (χ3v) is 8.26. The Labute approximate surface area is 191 Å². The van der Waals surface area contributed by atoms with Crippen LogP contribution in [0.1, 0.15) is 23.2 Å². The Hall–Kier alpha value is -2.69. The first-order valence-electron chi connectivity index (χ1n) is 10.4. The van der Waals surface area contributed by atoms with E-state index in [1.807, 2.05) is 4.90 Å². The van der Waals surface area contributed by atoms with E-state index in [9.17, 15) is 23.3 Å². The van der Waals surface area contributed by atoms with E-state index in [-0.39, 0.29) is 40.2 Å². The van der Waals surface area contributed by atoms with Gasteiger partial charge in [-0.3, -0.25) is 14.9 Å². The second-order valence-corrected chi connectivity index (χ2v) is 10.1. The lowest BCUT2D eigenvalue weighted by Crippen LogP contribution is -2.48. The summed E-state index contributed by atoms with van der Waals surface area (Å²) in [5.74, 6) is -0.337. The van der Waals surface area contributed by atoms with Crippen molar-refractivity contribution in [2.75, 3.05) is 44.2 Å². The topological polar surface area (TPSA) is 104 Å². The molecule has 4 rings (SSSR count). The van der Waals surface area contributed by atoms with Crippen LogP contribution in [-0.2, 0) is 10.0 Å². The van der Waals surface area contributed by atoms with Crippen molar-refractivity contribution in [2.45, 2.75) is 17.7 Å². The van der Waals surface area contributed by atoms with E-state index in [0.29, 0.717) is 31.9 Å². The molecule has 170 valence electrons. The second kappa shape index (κ2) is 9.05. The van der Waals surface area contributed by atoms with Crippen molar-refractivity contribution in [3.05, 3.63) is 63.2 Å². The highest BCUT2D eigenvalue weighted by Crippen LogP contribution is 2.30. The first-order chi connectivity index (χ1) is 15.3. The summed E-state index contributed by atoms with van der Waals surface area (Å²) < 4.78 is 27.3. The minimum Gasteiger partial charge on any atom is -0.369 e. The van der Waals surface area contributed by atoms with Crippen molar-refractivity contribution < 1.29 is 18.1 Å². The van der Waals surface area contributed by atoms with Crippen molar-refractivity contribution in [3.63, 3.8) is 0 Å². The van der Waals surface area contributed by atoms with Gasteiger partial charge in [0.1, 0.15) is 10.5 Å². The second-order valence-electron chi connectivity index (χ2n) is 7.78. The van der Waals surface area contributed by atoms with Crippen LogP contribution in [0.25, 0.3) is 0 Å². The van der Waals surface area contributed by atoms with Gasteiger partial charge in [0.05, 0.1) is 9.95 Å². The third kappa shape index (κ3) is 4.30. The number of carbonyl (C=O) groups is 1. The number of rotatable bonds is 5. The summed E-state index contributed by atoms with van der Waals surface area (Å²) in [4.78, 5) is 27.5. The molecule has 2 fully saturated rings. The van der Waals surface area contributed by atoms with Crippen LogP contribution in [0.3, 0.4) is 0 Å². The SMILES string of the molecule is O=C(c1cc(N2CCN(S(=O)(=O)c3ccccc3Cl)CC2)ccc1[N+](=O)[O-])N1CCCC1. The van der Waals surface area contributed by atoms with Crippen molar-refractivity contribution in [3.8, 4) is 0 Å². The summed E-state index contributed by atoms with van der Waals surface area (Å²) in [6, 6.07) is 10.8. The molecule has 9 nitrogen and oxygen atoms in total. The highest BCUT2D eigenvalue weighted by atomic mass is 35.5. The summed E-state index contributed by atoms with van der Waals surface area (Å²) in [5, 5.41) is 11.7. The van der Waals surface area contributed by atoms with Gasteiger partial charge in [0.15, 0.2) is 0 Å². The van der Waals surface area contributed by atoms with Crippen LogP contribution in [0.2, 0.25) is 5.02 Å². The van der Waals surface area contributed by atoms with Gasteiger partial charge in [0.25, 0.3) is 11.6 Å². The van der Waals surface area contributed by atoms with Crippen LogP contribution in [0.15, 0.2) is 47.4 Å². The fraction of sp³-hybridized carbons (Fsp3) is 0.381. The van der Waals surface area contributed by atoms with E-state index in [1.165, 1.54) is 16.4 Å². The molecule has 0 bridgehead atoms. The lowest BCUT2D eigenvalue weighted by molar-refractivity contribution is -0.385. The summed E-state index contributed by atoms with van der Waals surface area (Å²) in [6.45, 7) is 2.44. The molecular formula is C21H23ClN4O5S. The van der Waals surface area contributed by atoms with Gasteiger partial charge in [-0.05, 0) is 37.1 Å². The quantitative estimate of drug-likeness (QED) is 0.483. The number of piperazine rings is 1. The monoisotopic (exact) mass is 478 g/mol. The van der Waals surface area contributed by atoms with Crippen LogP contribution < -0.4 is 4.90 Å². The maximum absolute atomic E-state index is 13.0. The number of benzene rings is 2. The predicted octanol–water partition coefficient (Wildman–Crippen LogP) is 3.00. The lowest BCUT2D eigenvalue weighted by atomic mass is 10.1. The molecule has 32 heavy (non-hydrogen) atoms. The van der Waals surface area contributed by atoms with Crippen LogP contribution in [0, 0.1) is 10.1 Å². The Morgan fingerprint density at radius 3 is 2.25 bits per heavy atom. The molecule has 0 N–H and O–H groups in total. The average molecular weight is 479 g/mol. The van der Waals surface area contributed by atoms with E-state index >= 15 is 0 Å². The number of amides is 1. The Morgan fingerprint density at radius 2 is 1.62 bits per heavy atom. The molecule has 2 saturated heterocycles. The summed E-state index contributed by atoms with van der Waals surface area (Å²) >= 11 is 6.09. The molecule has 0 saturated carbocycles. The van der Waals surface area contributed by atoms with Gasteiger partial charge in [-0.2, -0.15) is 4.31 Å². The van der Waals surface area contributed by atoms with E-state index in [1.54, 1.807) is 35.2 Å². The number of nitrogens with zero attached hydrogens (tertiary/aromatic N) is 4. The zero-order valence-corrected chi connectivity index (χ0v) is 18.9. The predicted molar refractivity (Wildman–Crippen MR) is 121 cm³/mol. The van der Waals surface area contributed by atoms with Gasteiger partial charge < -0.3 is 9.80 Å². The first kappa shape index (κ1) is 22.5. The minimum atomic E-state index is -3.72. The highest BCUT2D eigenvalue weighted by molar-refractivity contribution is 7.89. The number of halogens is 1. The molecule has 2 aliphatic rings. The number of nitro groups is 1. The molecule has 0 unspecified atom stereocenters. The number of carbonyl (C=O) groups excluding carboxylic acids is 1. The maximum atomic E-state index is 13.0. The van der Waals surface area contributed by atoms with Crippen LogP contribution in [-0.4, -0.2) is 67.7 Å². The Bertz CT molecular complexity index is 1140. The van der Waals surface area contributed by atoms with Gasteiger partial charge in [-0.25, -0.2) is 8.42 Å². The molecule has 0 aromatic heterocycles. The molecule has 0 aliphatic carbocycles. The molecule has 0 atom stereocenters. The fourth-order valence-corrected chi connectivity index (χ4v) is 6.04. The van der Waals surface area contributed by atoms with Gasteiger partial charge in [-0.15, -0.1) is 0 Å². The number of anilines is 1. The third-order valence-electron chi connectivity index (χ3n) is 5.86. The van der Waals surface area contributed by atoms with Crippen molar-refractivity contribution in [2.24, 2.45) is 0 Å². The van der Waals surface area contributed by atoms with Crippen molar-refractivity contribution in [1.82, 2.24) is 9.21 Å². The van der Waals surface area contributed by atoms with Gasteiger partial charge in [0, 0.05) is 51.0 Å². The smallest absolute Gasteiger partial charge is 0.282 e. The molecule has 2 aromatic carbocycles. The minimum absolute atomic E-state index is 0.0699. The molecule has 2 aliphatic heterocycles. The summed E-state index contributed by atoms with van der Waals surface area (Å²) in [5.41, 5.74) is 0.513. The number of hydrogen-bond acceptors (Lipinski definition) is 6. The van der Waals surface area contributed by atoms with Gasteiger partial charge in [-0.1, -0.05) is 23.7 Å². The van der Waals surface area contributed by atoms with Crippen LogP contribution >= 0.6 is 11.6 Å². The Morgan fingerprint density at radius 1 is 0.969 bits per heavy atom. The normalized spacial score (nSPS) is 17.5. The zero-order valence-electron chi connectivity index (χ0n) is 17.3. The van der Waals surface area contributed by atoms with Crippen LogP contribution in [0.5, 0.6) is 0 Å². The standard InChI is InChI=1S/C21H23ClN4O5S/c22-18-5-1-2-6-20(18)32(30,31)25-13-11-23(12-14-25)16-7-8-19(26(28)29)17(15-16)21(27)24-9-3-4-10-24/h1-2,5-8,15H,3-4,9-14H2. The Balaban J connectivity index is 1.53. The molecule has 11 heteroatoms. The van der Waals surface area contributed by atoms with Gasteiger partial charge >= 0.3 is 0 Å². The lowest BCUT2D eigenvalue weighted by Gasteiger charge is -2.35. The van der Waals surface area contributed by atoms with E-state index in [4.69, 9.17) is 11.6 Å². The zero-order chi connectivity index (χ0) is 22.9. The van der Waals surface area contributed by atoms with E-state index in [2.05, 4.69) is 0 Å². The molecule has 1 amide bonds.